The first-order valence-corrected chi connectivity index (χ1v) is 7.23. The Morgan fingerprint density at radius 2 is 1.83 bits per heavy atom. The van der Waals surface area contributed by atoms with E-state index in [1.165, 1.54) is 5.06 Å². The van der Waals surface area contributed by atoms with Gasteiger partial charge in [0.2, 0.25) is 11.9 Å². The highest BCUT2D eigenvalue weighted by Crippen LogP contribution is 2.19. The lowest BCUT2D eigenvalue weighted by molar-refractivity contribution is -0.160. The Morgan fingerprint density at radius 3 is 2.48 bits per heavy atom. The fourth-order valence-electron chi connectivity index (χ4n) is 2.10. The number of guanidine groups is 2. The van der Waals surface area contributed by atoms with Gasteiger partial charge in [-0.3, -0.25) is 4.84 Å². The molecule has 0 unspecified atom stereocenters. The fraction of sp³-hybridized carbons (Fsp3) is 0.467. The van der Waals surface area contributed by atoms with Gasteiger partial charge >= 0.3 is 0 Å². The summed E-state index contributed by atoms with van der Waals surface area (Å²) in [6.45, 7) is 5.37. The summed E-state index contributed by atoms with van der Waals surface area (Å²) in [4.78, 5) is 13.8. The zero-order valence-corrected chi connectivity index (χ0v) is 15.1. The summed E-state index contributed by atoms with van der Waals surface area (Å²) in [5.74, 6) is 0.372. The van der Waals surface area contributed by atoms with Gasteiger partial charge < -0.3 is 16.2 Å². The molecule has 23 heavy (non-hydrogen) atoms. The SMILES string of the molecule is Br.CC1(C)N=C(N)N=C(N)N1OCCCOCc1ccccc1. The van der Waals surface area contributed by atoms with E-state index in [2.05, 4.69) is 9.98 Å². The van der Waals surface area contributed by atoms with Crippen molar-refractivity contribution in [3.8, 4) is 0 Å². The van der Waals surface area contributed by atoms with Gasteiger partial charge in [-0.05, 0) is 25.8 Å². The largest absolute Gasteiger partial charge is 0.377 e. The Hall–Kier alpha value is -1.64. The molecular formula is C15H24BrN5O2. The van der Waals surface area contributed by atoms with Gasteiger partial charge in [0.05, 0.1) is 13.2 Å². The Labute approximate surface area is 147 Å². The lowest BCUT2D eigenvalue weighted by Gasteiger charge is -2.36. The predicted molar refractivity (Wildman–Crippen MR) is 96.2 cm³/mol. The predicted octanol–water partition coefficient (Wildman–Crippen LogP) is 1.78. The van der Waals surface area contributed by atoms with Gasteiger partial charge in [-0.2, -0.15) is 10.1 Å². The minimum absolute atomic E-state index is 0. The quantitative estimate of drug-likeness (QED) is 0.697. The molecule has 2 rings (SSSR count). The lowest BCUT2D eigenvalue weighted by atomic mass is 10.2. The van der Waals surface area contributed by atoms with Crippen LogP contribution in [0.25, 0.3) is 0 Å². The number of nitrogens with two attached hydrogens (primary N) is 2. The first-order chi connectivity index (χ1) is 10.5. The molecule has 1 aliphatic rings. The number of benzene rings is 1. The molecule has 1 heterocycles. The zero-order chi connectivity index (χ0) is 16.0. The van der Waals surface area contributed by atoms with Crippen LogP contribution in [0.4, 0.5) is 0 Å². The van der Waals surface area contributed by atoms with Crippen molar-refractivity contribution in [2.24, 2.45) is 21.5 Å². The number of hydrogen-bond acceptors (Lipinski definition) is 7. The molecule has 0 saturated heterocycles. The number of halogens is 1. The molecule has 1 aromatic carbocycles. The molecule has 128 valence electrons. The van der Waals surface area contributed by atoms with Crippen LogP contribution >= 0.6 is 17.0 Å². The second-order valence-corrected chi connectivity index (χ2v) is 5.45. The number of rotatable bonds is 7. The van der Waals surface area contributed by atoms with Crippen LogP contribution in [0.3, 0.4) is 0 Å². The maximum Gasteiger partial charge on any atom is 0.226 e. The van der Waals surface area contributed by atoms with Crippen molar-refractivity contribution in [1.29, 1.82) is 0 Å². The van der Waals surface area contributed by atoms with E-state index >= 15 is 0 Å². The third-order valence-electron chi connectivity index (χ3n) is 3.09. The van der Waals surface area contributed by atoms with Crippen molar-refractivity contribution in [1.82, 2.24) is 5.06 Å². The fourth-order valence-corrected chi connectivity index (χ4v) is 2.10. The molecule has 0 amide bonds. The summed E-state index contributed by atoms with van der Waals surface area (Å²) in [7, 11) is 0. The summed E-state index contributed by atoms with van der Waals surface area (Å²) in [6, 6.07) is 10.0. The van der Waals surface area contributed by atoms with Crippen molar-refractivity contribution < 1.29 is 9.57 Å². The summed E-state index contributed by atoms with van der Waals surface area (Å²) >= 11 is 0. The Bertz CT molecular complexity index is 548. The van der Waals surface area contributed by atoms with Crippen LogP contribution in [0, 0.1) is 0 Å². The third kappa shape index (κ3) is 5.81. The highest BCUT2D eigenvalue weighted by atomic mass is 79.9. The topological polar surface area (TPSA) is 98.5 Å². The van der Waals surface area contributed by atoms with Crippen LogP contribution in [0.2, 0.25) is 0 Å². The monoisotopic (exact) mass is 385 g/mol. The second-order valence-electron chi connectivity index (χ2n) is 5.45. The van der Waals surface area contributed by atoms with E-state index in [0.717, 1.165) is 12.0 Å². The molecule has 0 atom stereocenters. The van der Waals surface area contributed by atoms with Gasteiger partial charge in [0.15, 0.2) is 5.66 Å². The Balaban J connectivity index is 0.00000264. The molecule has 0 aromatic heterocycles. The zero-order valence-electron chi connectivity index (χ0n) is 13.4. The molecule has 0 saturated carbocycles. The summed E-state index contributed by atoms with van der Waals surface area (Å²) < 4.78 is 5.60. The summed E-state index contributed by atoms with van der Waals surface area (Å²) in [6.07, 6.45) is 0.742. The van der Waals surface area contributed by atoms with Gasteiger partial charge in [-0.1, -0.05) is 30.3 Å². The van der Waals surface area contributed by atoms with Gasteiger partial charge in [0.25, 0.3) is 0 Å². The molecule has 0 bridgehead atoms. The van der Waals surface area contributed by atoms with Crippen molar-refractivity contribution in [2.75, 3.05) is 13.2 Å². The van der Waals surface area contributed by atoms with E-state index in [1.54, 1.807) is 0 Å². The van der Waals surface area contributed by atoms with Crippen LogP contribution in [0.5, 0.6) is 0 Å². The molecule has 0 spiro atoms. The normalized spacial score (nSPS) is 16.3. The smallest absolute Gasteiger partial charge is 0.226 e. The van der Waals surface area contributed by atoms with Gasteiger partial charge in [0.1, 0.15) is 0 Å². The van der Waals surface area contributed by atoms with Crippen LogP contribution in [-0.4, -0.2) is 35.9 Å². The first kappa shape index (κ1) is 19.4. The molecular weight excluding hydrogens is 362 g/mol. The average molecular weight is 386 g/mol. The van der Waals surface area contributed by atoms with Crippen molar-refractivity contribution in [3.05, 3.63) is 35.9 Å². The molecule has 8 heteroatoms. The third-order valence-corrected chi connectivity index (χ3v) is 3.09. The number of aliphatic imine (C=N–C) groups is 2. The highest BCUT2D eigenvalue weighted by molar-refractivity contribution is 8.93. The van der Waals surface area contributed by atoms with E-state index in [4.69, 9.17) is 21.0 Å². The van der Waals surface area contributed by atoms with Crippen molar-refractivity contribution >= 4 is 28.9 Å². The Kier molecular flexibility index (Phi) is 7.47. The number of nitrogens with zero attached hydrogens (tertiary/aromatic N) is 3. The average Bonchev–Trinajstić information content (AvgIpc) is 2.45. The summed E-state index contributed by atoms with van der Waals surface area (Å²) in [5.41, 5.74) is 11.9. The number of hydroxylamine groups is 2. The van der Waals surface area contributed by atoms with E-state index in [0.29, 0.717) is 19.8 Å². The van der Waals surface area contributed by atoms with Gasteiger partial charge in [-0.15, -0.1) is 17.0 Å². The van der Waals surface area contributed by atoms with Crippen LogP contribution < -0.4 is 11.5 Å². The van der Waals surface area contributed by atoms with E-state index in [-0.39, 0.29) is 28.9 Å². The number of ether oxygens (including phenoxy) is 1. The molecule has 1 aromatic rings. The first-order valence-electron chi connectivity index (χ1n) is 7.23. The molecule has 4 N–H and O–H groups in total. The maximum atomic E-state index is 5.82. The molecule has 0 aliphatic carbocycles. The Morgan fingerprint density at radius 1 is 1.13 bits per heavy atom. The van der Waals surface area contributed by atoms with Crippen molar-refractivity contribution in [2.45, 2.75) is 32.5 Å². The van der Waals surface area contributed by atoms with Crippen LogP contribution in [0.1, 0.15) is 25.8 Å². The molecule has 0 fully saturated rings. The van der Waals surface area contributed by atoms with Crippen molar-refractivity contribution in [3.63, 3.8) is 0 Å². The van der Waals surface area contributed by atoms with Gasteiger partial charge in [-0.25, -0.2) is 4.99 Å². The molecule has 1 aliphatic heterocycles. The molecule has 7 nitrogen and oxygen atoms in total. The van der Waals surface area contributed by atoms with E-state index in [9.17, 15) is 0 Å². The van der Waals surface area contributed by atoms with E-state index in [1.807, 2.05) is 44.2 Å². The standard InChI is InChI=1S/C15H23N5O2.BrH/c1-15(2)19-13(16)18-14(17)20(15)22-10-6-9-21-11-12-7-4-3-5-8-12;/h3-5,7-8H,6,9-11H2,1-2H3,(H4,16,17,18,19);1H. The molecule has 0 radical (unpaired) electrons. The summed E-state index contributed by atoms with van der Waals surface area (Å²) in [5, 5.41) is 1.47. The maximum absolute atomic E-state index is 5.82. The lowest BCUT2D eigenvalue weighted by Crippen LogP contribution is -2.53. The van der Waals surface area contributed by atoms with E-state index < -0.39 is 5.66 Å². The van der Waals surface area contributed by atoms with Crippen LogP contribution in [-0.2, 0) is 16.2 Å². The minimum atomic E-state index is -0.666. The second kappa shape index (κ2) is 8.85. The van der Waals surface area contributed by atoms with Crippen LogP contribution in [0.15, 0.2) is 40.3 Å². The number of hydrogen-bond donors (Lipinski definition) is 2. The highest BCUT2D eigenvalue weighted by Gasteiger charge is 2.32. The van der Waals surface area contributed by atoms with Gasteiger partial charge in [0, 0.05) is 6.61 Å². The minimum Gasteiger partial charge on any atom is -0.377 e.